The third-order valence-electron chi connectivity index (χ3n) is 8.14. The summed E-state index contributed by atoms with van der Waals surface area (Å²) >= 11 is 0. The van der Waals surface area contributed by atoms with E-state index in [4.69, 9.17) is 4.98 Å². The van der Waals surface area contributed by atoms with Crippen molar-refractivity contribution in [2.45, 2.75) is 32.7 Å². The van der Waals surface area contributed by atoms with Gasteiger partial charge in [-0.1, -0.05) is 60.7 Å². The Hall–Kier alpha value is -5.23. The minimum absolute atomic E-state index is 0.283. The summed E-state index contributed by atoms with van der Waals surface area (Å²) in [5, 5.41) is 13.2. The Morgan fingerprint density at radius 2 is 1.76 bits per heavy atom. The normalized spacial score (nSPS) is 11.5. The molecule has 0 atom stereocenters. The van der Waals surface area contributed by atoms with Crippen LogP contribution in [0.25, 0.3) is 38.6 Å². The second-order valence-corrected chi connectivity index (χ2v) is 10.8. The van der Waals surface area contributed by atoms with E-state index in [0.29, 0.717) is 23.1 Å². The molecule has 0 saturated heterocycles. The number of nitrogens with zero attached hydrogens (tertiary/aromatic N) is 4. The molecule has 0 spiro atoms. The van der Waals surface area contributed by atoms with E-state index >= 15 is 0 Å². The van der Waals surface area contributed by atoms with Gasteiger partial charge < -0.3 is 14.1 Å². The van der Waals surface area contributed by atoms with Crippen molar-refractivity contribution in [2.24, 2.45) is 0 Å². The smallest absolute Gasteiger partial charge is 0.337 e. The largest absolute Gasteiger partial charge is 0.478 e. The van der Waals surface area contributed by atoms with E-state index in [1.54, 1.807) is 0 Å². The molecule has 0 fully saturated rings. The van der Waals surface area contributed by atoms with Crippen molar-refractivity contribution in [1.29, 1.82) is 0 Å². The molecule has 7 rings (SSSR count). The first kappa shape index (κ1) is 25.7. The topological polar surface area (TPSA) is 72.4 Å². The van der Waals surface area contributed by atoms with E-state index in [9.17, 15) is 9.90 Å². The number of carbonyl (C=O) groups is 1. The van der Waals surface area contributed by atoms with Crippen LogP contribution in [0.3, 0.4) is 0 Å². The van der Waals surface area contributed by atoms with E-state index in [1.807, 2.05) is 79.1 Å². The molecule has 7 aromatic rings. The van der Waals surface area contributed by atoms with Gasteiger partial charge in [-0.2, -0.15) is 0 Å². The van der Waals surface area contributed by atoms with Gasteiger partial charge in [-0.25, -0.2) is 9.78 Å². The number of aromatic nitrogens is 4. The summed E-state index contributed by atoms with van der Waals surface area (Å²) < 4.78 is 4.45. The lowest BCUT2D eigenvalue weighted by molar-refractivity contribution is 0.0700. The van der Waals surface area contributed by atoms with Crippen LogP contribution in [0.15, 0.2) is 110 Å². The fourth-order valence-electron chi connectivity index (χ4n) is 6.24. The van der Waals surface area contributed by atoms with Crippen LogP contribution in [0.1, 0.15) is 39.3 Å². The van der Waals surface area contributed by atoms with Crippen molar-refractivity contribution in [3.05, 3.63) is 138 Å². The van der Waals surface area contributed by atoms with Gasteiger partial charge in [0.05, 0.1) is 17.0 Å². The molecule has 4 heterocycles. The quantitative estimate of drug-likeness (QED) is 0.210. The van der Waals surface area contributed by atoms with Crippen molar-refractivity contribution in [3.8, 4) is 11.3 Å². The van der Waals surface area contributed by atoms with Crippen LogP contribution < -0.4 is 0 Å². The van der Waals surface area contributed by atoms with Crippen molar-refractivity contribution in [2.75, 3.05) is 0 Å². The number of carboxylic acid groups (broad SMARTS) is 1. The highest BCUT2D eigenvalue weighted by Crippen LogP contribution is 2.35. The second-order valence-electron chi connectivity index (χ2n) is 10.8. The van der Waals surface area contributed by atoms with Crippen molar-refractivity contribution < 1.29 is 9.90 Å². The van der Waals surface area contributed by atoms with Crippen molar-refractivity contribution in [1.82, 2.24) is 18.9 Å². The van der Waals surface area contributed by atoms with Gasteiger partial charge in [-0.15, -0.1) is 0 Å². The van der Waals surface area contributed by atoms with E-state index in [2.05, 4.69) is 51.3 Å². The molecule has 0 saturated carbocycles. The molecule has 0 aliphatic heterocycles. The number of pyridine rings is 2. The summed E-state index contributed by atoms with van der Waals surface area (Å²) in [6.45, 7) is 3.04. The number of hydrogen-bond donors (Lipinski definition) is 1. The van der Waals surface area contributed by atoms with E-state index < -0.39 is 5.97 Å². The van der Waals surface area contributed by atoms with Gasteiger partial charge in [0.1, 0.15) is 5.65 Å². The SMILES string of the molecule is Cc1cccc2c1c(Cc1c(-c3ccc4ccccc4c3C(=O)O)nc3ccccn13)cn2CCCc1ccccn1. The molecular weight excluding hydrogens is 520 g/mol. The summed E-state index contributed by atoms with van der Waals surface area (Å²) in [5.74, 6) is -0.954. The maximum absolute atomic E-state index is 12.7. The monoisotopic (exact) mass is 550 g/mol. The Morgan fingerprint density at radius 1 is 0.905 bits per heavy atom. The molecule has 3 aromatic carbocycles. The number of rotatable bonds is 8. The maximum atomic E-state index is 12.7. The van der Waals surface area contributed by atoms with Gasteiger partial charge in [0.25, 0.3) is 0 Å². The van der Waals surface area contributed by atoms with E-state index in [0.717, 1.165) is 41.8 Å². The lowest BCUT2D eigenvalue weighted by atomic mass is 9.94. The number of carboxylic acids is 1. The van der Waals surface area contributed by atoms with Crippen molar-refractivity contribution >= 4 is 33.3 Å². The van der Waals surface area contributed by atoms with Crippen LogP contribution >= 0.6 is 0 Å². The number of imidazole rings is 1. The number of aryl methyl sites for hydroxylation is 3. The zero-order chi connectivity index (χ0) is 28.6. The summed E-state index contributed by atoms with van der Waals surface area (Å²) in [4.78, 5) is 22.2. The molecule has 0 amide bonds. The third kappa shape index (κ3) is 4.51. The Morgan fingerprint density at radius 3 is 2.62 bits per heavy atom. The van der Waals surface area contributed by atoms with Crippen LogP contribution in [-0.4, -0.2) is 30.0 Å². The average molecular weight is 551 g/mol. The molecule has 6 heteroatoms. The lowest BCUT2D eigenvalue weighted by Gasteiger charge is -2.11. The van der Waals surface area contributed by atoms with Crippen LogP contribution in [-0.2, 0) is 19.4 Å². The molecule has 6 nitrogen and oxygen atoms in total. The summed E-state index contributed by atoms with van der Waals surface area (Å²) in [7, 11) is 0. The minimum Gasteiger partial charge on any atom is -0.478 e. The van der Waals surface area contributed by atoms with Gasteiger partial charge in [-0.05, 0) is 72.0 Å². The van der Waals surface area contributed by atoms with E-state index in [1.165, 1.54) is 22.0 Å². The number of fused-ring (bicyclic) bond motifs is 3. The highest BCUT2D eigenvalue weighted by molar-refractivity contribution is 6.09. The maximum Gasteiger partial charge on any atom is 0.337 e. The highest BCUT2D eigenvalue weighted by atomic mass is 16.4. The Balaban J connectivity index is 1.35. The first-order valence-electron chi connectivity index (χ1n) is 14.3. The van der Waals surface area contributed by atoms with Crippen LogP contribution in [0, 0.1) is 6.92 Å². The fraction of sp³-hybridized carbons (Fsp3) is 0.139. The molecule has 0 radical (unpaired) electrons. The number of hydrogen-bond acceptors (Lipinski definition) is 3. The van der Waals surface area contributed by atoms with Gasteiger partial charge in [0, 0.05) is 53.7 Å². The summed E-state index contributed by atoms with van der Waals surface area (Å²) in [6, 6.07) is 30.0. The number of aromatic carboxylic acids is 1. The molecule has 1 N–H and O–H groups in total. The van der Waals surface area contributed by atoms with Gasteiger partial charge in [0.15, 0.2) is 0 Å². The Labute approximate surface area is 243 Å². The zero-order valence-electron chi connectivity index (χ0n) is 23.4. The molecule has 206 valence electrons. The van der Waals surface area contributed by atoms with Crippen LogP contribution in [0.5, 0.6) is 0 Å². The van der Waals surface area contributed by atoms with E-state index in [-0.39, 0.29) is 5.56 Å². The summed E-state index contributed by atoms with van der Waals surface area (Å²) in [6.07, 6.45) is 8.64. The predicted octanol–water partition coefficient (Wildman–Crippen LogP) is 7.73. The molecule has 0 bridgehead atoms. The van der Waals surface area contributed by atoms with Crippen molar-refractivity contribution in [3.63, 3.8) is 0 Å². The Kier molecular flexibility index (Phi) is 6.51. The third-order valence-corrected chi connectivity index (χ3v) is 8.14. The summed E-state index contributed by atoms with van der Waals surface area (Å²) in [5.41, 5.74) is 8.12. The van der Waals surface area contributed by atoms with Crippen LogP contribution in [0.4, 0.5) is 0 Å². The molecule has 42 heavy (non-hydrogen) atoms. The highest BCUT2D eigenvalue weighted by Gasteiger charge is 2.23. The molecule has 0 aliphatic rings. The van der Waals surface area contributed by atoms with Gasteiger partial charge in [-0.3, -0.25) is 4.98 Å². The Bertz CT molecular complexity index is 2090. The van der Waals surface area contributed by atoms with Gasteiger partial charge in [0.2, 0.25) is 0 Å². The molecular formula is C36H30N4O2. The average Bonchev–Trinajstić information content (AvgIpc) is 3.56. The predicted molar refractivity (Wildman–Crippen MR) is 167 cm³/mol. The lowest BCUT2D eigenvalue weighted by Crippen LogP contribution is -2.03. The standard InChI is InChI=1S/C36H30N4O2/c1-24-10-8-15-30-33(24)26(23-39(30)20-9-13-27-12-4-6-19-37-27)22-31-35(38-32-16-5-7-21-40(31)32)29-18-17-25-11-2-3-14-28(25)34(29)36(41)42/h2-8,10-12,14-19,21,23H,9,13,20,22H2,1H3,(H,41,42). The first-order valence-corrected chi connectivity index (χ1v) is 14.3. The molecule has 0 aliphatic carbocycles. The fourth-order valence-corrected chi connectivity index (χ4v) is 6.24. The van der Waals surface area contributed by atoms with Crippen LogP contribution in [0.2, 0.25) is 0 Å². The zero-order valence-corrected chi connectivity index (χ0v) is 23.4. The second kappa shape index (κ2) is 10.6. The van der Waals surface area contributed by atoms with Gasteiger partial charge >= 0.3 is 5.97 Å². The first-order chi connectivity index (χ1) is 20.6. The minimum atomic E-state index is -0.954. The number of benzene rings is 3. The molecule has 0 unspecified atom stereocenters. The molecule has 4 aromatic heterocycles.